The summed E-state index contributed by atoms with van der Waals surface area (Å²) >= 11 is 0. The number of imidazole rings is 1. The molecule has 1 N–H and O–H groups in total. The highest BCUT2D eigenvalue weighted by molar-refractivity contribution is 5.88. The van der Waals surface area contributed by atoms with Gasteiger partial charge in [-0.2, -0.15) is 0 Å². The van der Waals surface area contributed by atoms with Crippen molar-refractivity contribution in [1.82, 2.24) is 19.9 Å². The van der Waals surface area contributed by atoms with E-state index in [1.54, 1.807) is 25.0 Å². The van der Waals surface area contributed by atoms with Gasteiger partial charge in [0, 0.05) is 36.1 Å². The van der Waals surface area contributed by atoms with E-state index < -0.39 is 0 Å². The van der Waals surface area contributed by atoms with Gasteiger partial charge in [0.15, 0.2) is 0 Å². The van der Waals surface area contributed by atoms with Crippen LogP contribution in [0.2, 0.25) is 0 Å². The molecule has 5 rings (SSSR count). The van der Waals surface area contributed by atoms with Crippen molar-refractivity contribution in [3.05, 3.63) is 77.7 Å². The third kappa shape index (κ3) is 3.17. The number of rotatable bonds is 5. The fraction of sp³-hybridized carbons (Fsp3) is 0.227. The number of benzene rings is 1. The predicted molar refractivity (Wildman–Crippen MR) is 105 cm³/mol. The fourth-order valence-corrected chi connectivity index (χ4v) is 3.79. The van der Waals surface area contributed by atoms with Crippen molar-refractivity contribution >= 4 is 16.9 Å². The van der Waals surface area contributed by atoms with Crippen LogP contribution >= 0.6 is 0 Å². The van der Waals surface area contributed by atoms with E-state index >= 15 is 0 Å². The minimum Gasteiger partial charge on any atom is -0.464 e. The first-order chi connectivity index (χ1) is 13.8. The average Bonchev–Trinajstić information content (AvgIpc) is 3.47. The van der Waals surface area contributed by atoms with Crippen LogP contribution in [0.4, 0.5) is 0 Å². The molecular weight excluding hydrogens is 352 g/mol. The number of amides is 1. The maximum absolute atomic E-state index is 12.4. The summed E-state index contributed by atoms with van der Waals surface area (Å²) in [4.78, 5) is 20.8. The molecule has 0 radical (unpaired) electrons. The Hall–Kier alpha value is -3.41. The molecule has 140 valence electrons. The number of aromatic nitrogens is 3. The lowest BCUT2D eigenvalue weighted by atomic mass is 10.0. The molecule has 3 aromatic heterocycles. The van der Waals surface area contributed by atoms with E-state index in [9.17, 15) is 4.79 Å². The number of carbonyl (C=O) groups is 1. The van der Waals surface area contributed by atoms with Crippen LogP contribution in [0.3, 0.4) is 0 Å². The van der Waals surface area contributed by atoms with Crippen molar-refractivity contribution in [1.29, 1.82) is 0 Å². The molecule has 6 heteroatoms. The summed E-state index contributed by atoms with van der Waals surface area (Å²) in [7, 11) is 0. The van der Waals surface area contributed by atoms with Crippen LogP contribution < -0.4 is 5.32 Å². The van der Waals surface area contributed by atoms with Crippen LogP contribution in [0.1, 0.15) is 28.7 Å². The predicted octanol–water partition coefficient (Wildman–Crippen LogP) is 3.36. The van der Waals surface area contributed by atoms with Gasteiger partial charge in [0.1, 0.15) is 17.7 Å². The van der Waals surface area contributed by atoms with Gasteiger partial charge in [-0.3, -0.25) is 9.36 Å². The lowest BCUT2D eigenvalue weighted by molar-refractivity contribution is -0.120. The first kappa shape index (κ1) is 16.7. The van der Waals surface area contributed by atoms with Crippen molar-refractivity contribution in [2.24, 2.45) is 0 Å². The summed E-state index contributed by atoms with van der Waals surface area (Å²) in [6.07, 6.45) is 12.5. The summed E-state index contributed by atoms with van der Waals surface area (Å²) in [5.74, 6) is 0.770. The number of fused-ring (bicyclic) bond motifs is 2. The number of aryl methyl sites for hydroxylation is 2. The third-order valence-corrected chi connectivity index (χ3v) is 5.29. The van der Waals surface area contributed by atoms with Crippen molar-refractivity contribution in [3.63, 3.8) is 0 Å². The van der Waals surface area contributed by atoms with E-state index in [0.29, 0.717) is 13.0 Å². The van der Waals surface area contributed by atoms with E-state index in [2.05, 4.69) is 27.4 Å². The molecule has 6 nitrogen and oxygen atoms in total. The number of nitrogens with zero attached hydrogens (tertiary/aromatic N) is 3. The molecule has 1 aliphatic carbocycles. The molecular formula is C22H20N4O2. The zero-order chi connectivity index (χ0) is 18.9. The van der Waals surface area contributed by atoms with Crippen LogP contribution in [0, 0.1) is 0 Å². The molecule has 0 atom stereocenters. The summed E-state index contributed by atoms with van der Waals surface area (Å²) in [6, 6.07) is 8.20. The van der Waals surface area contributed by atoms with Gasteiger partial charge in [0.25, 0.3) is 0 Å². The number of furan rings is 1. The maximum Gasteiger partial charge on any atom is 0.224 e. The van der Waals surface area contributed by atoms with Crippen LogP contribution in [0.5, 0.6) is 0 Å². The van der Waals surface area contributed by atoms with Gasteiger partial charge in [0.2, 0.25) is 5.91 Å². The average molecular weight is 372 g/mol. The van der Waals surface area contributed by atoms with Gasteiger partial charge < -0.3 is 9.73 Å². The first-order valence-electron chi connectivity index (χ1n) is 9.48. The molecule has 0 unspecified atom stereocenters. The Kier molecular flexibility index (Phi) is 4.16. The number of pyridine rings is 1. The first-order valence-corrected chi connectivity index (χ1v) is 9.48. The highest BCUT2D eigenvalue weighted by Gasteiger charge is 2.16. The van der Waals surface area contributed by atoms with E-state index in [-0.39, 0.29) is 5.91 Å². The molecule has 28 heavy (non-hydrogen) atoms. The third-order valence-electron chi connectivity index (χ3n) is 5.29. The Morgan fingerprint density at radius 1 is 1.21 bits per heavy atom. The Morgan fingerprint density at radius 2 is 2.11 bits per heavy atom. The van der Waals surface area contributed by atoms with Crippen molar-refractivity contribution < 1.29 is 9.21 Å². The molecule has 0 fully saturated rings. The standard InChI is InChI=1S/C22H20N4O2/c27-22(25-12-15-4-5-21(24-11-15)26-7-6-23-14-26)10-18-13-28-20-9-17-3-1-2-16(17)8-19(18)20/h4-9,11,13-14H,1-3,10,12H2,(H,25,27). The van der Waals surface area contributed by atoms with Gasteiger partial charge in [-0.15, -0.1) is 0 Å². The summed E-state index contributed by atoms with van der Waals surface area (Å²) < 4.78 is 7.53. The van der Waals surface area contributed by atoms with Crippen molar-refractivity contribution in [3.8, 4) is 5.82 Å². The SMILES string of the molecule is O=C(Cc1coc2cc3c(cc12)CCC3)NCc1ccc(-n2ccnc2)nc1. The normalized spacial score (nSPS) is 13.0. The maximum atomic E-state index is 12.4. The van der Waals surface area contributed by atoms with Gasteiger partial charge in [0.05, 0.1) is 12.7 Å². The molecule has 0 aliphatic heterocycles. The Balaban J connectivity index is 1.24. The van der Waals surface area contributed by atoms with Crippen LogP contribution in [0.15, 0.2) is 59.9 Å². The molecule has 0 saturated heterocycles. The van der Waals surface area contributed by atoms with Crippen LogP contribution in [-0.2, 0) is 30.6 Å². The molecule has 0 bridgehead atoms. The Morgan fingerprint density at radius 3 is 2.89 bits per heavy atom. The second-order valence-corrected chi connectivity index (χ2v) is 7.18. The van der Waals surface area contributed by atoms with Gasteiger partial charge in [-0.25, -0.2) is 9.97 Å². The van der Waals surface area contributed by atoms with Gasteiger partial charge in [-0.05, 0) is 54.2 Å². The van der Waals surface area contributed by atoms with Gasteiger partial charge in [-0.1, -0.05) is 6.07 Å². The molecule has 1 aromatic carbocycles. The second kappa shape index (κ2) is 6.96. The molecule has 0 saturated carbocycles. The minimum atomic E-state index is -0.0260. The summed E-state index contributed by atoms with van der Waals surface area (Å²) in [5, 5.41) is 4.03. The zero-order valence-corrected chi connectivity index (χ0v) is 15.4. The second-order valence-electron chi connectivity index (χ2n) is 7.18. The molecule has 1 aliphatic rings. The topological polar surface area (TPSA) is 73.0 Å². The zero-order valence-electron chi connectivity index (χ0n) is 15.4. The van der Waals surface area contributed by atoms with Crippen molar-refractivity contribution in [2.45, 2.75) is 32.2 Å². The Labute approximate surface area is 162 Å². The van der Waals surface area contributed by atoms with Gasteiger partial charge >= 0.3 is 0 Å². The van der Waals surface area contributed by atoms with Crippen LogP contribution in [0.25, 0.3) is 16.8 Å². The lowest BCUT2D eigenvalue weighted by Gasteiger charge is -2.06. The highest BCUT2D eigenvalue weighted by atomic mass is 16.3. The highest BCUT2D eigenvalue weighted by Crippen LogP contribution is 2.30. The number of carbonyl (C=O) groups excluding carboxylic acids is 1. The van der Waals surface area contributed by atoms with E-state index in [1.165, 1.54) is 17.5 Å². The largest absolute Gasteiger partial charge is 0.464 e. The van der Waals surface area contributed by atoms with E-state index in [1.807, 2.05) is 22.9 Å². The minimum absolute atomic E-state index is 0.0260. The number of nitrogens with one attached hydrogen (secondary N) is 1. The quantitative estimate of drug-likeness (QED) is 0.583. The molecule has 0 spiro atoms. The fourth-order valence-electron chi connectivity index (χ4n) is 3.79. The molecule has 3 heterocycles. The lowest BCUT2D eigenvalue weighted by Crippen LogP contribution is -2.24. The molecule has 1 amide bonds. The summed E-state index contributed by atoms with van der Waals surface area (Å²) in [6.45, 7) is 0.446. The van der Waals surface area contributed by atoms with Crippen molar-refractivity contribution in [2.75, 3.05) is 0 Å². The molecule has 4 aromatic rings. The van der Waals surface area contributed by atoms with E-state index in [0.717, 1.165) is 40.8 Å². The summed E-state index contributed by atoms with van der Waals surface area (Å²) in [5.41, 5.74) is 5.54. The Bertz CT molecular complexity index is 1130. The number of hydrogen-bond donors (Lipinski definition) is 1. The monoisotopic (exact) mass is 372 g/mol. The van der Waals surface area contributed by atoms with Crippen LogP contribution in [-0.4, -0.2) is 20.4 Å². The van der Waals surface area contributed by atoms with E-state index in [4.69, 9.17) is 4.42 Å². The smallest absolute Gasteiger partial charge is 0.224 e. The number of hydrogen-bond acceptors (Lipinski definition) is 4.